The van der Waals surface area contributed by atoms with Gasteiger partial charge in [0.05, 0.1) is 27.8 Å². The molecule has 114 valence electrons. The van der Waals surface area contributed by atoms with Crippen molar-refractivity contribution in [2.24, 2.45) is 7.05 Å². The fraction of sp³-hybridized carbons (Fsp3) is 0.158. The molecule has 2 heterocycles. The maximum atomic E-state index is 12.8. The molecule has 4 heteroatoms. The van der Waals surface area contributed by atoms with Gasteiger partial charge in [0.15, 0.2) is 0 Å². The molecule has 0 aliphatic carbocycles. The Morgan fingerprint density at radius 2 is 1.65 bits per heavy atom. The number of rotatable bonds is 1. The molecule has 4 rings (SSSR count). The molecule has 23 heavy (non-hydrogen) atoms. The molecule has 0 atom stereocenters. The molecule has 4 aromatic rings. The van der Waals surface area contributed by atoms with Gasteiger partial charge in [0.2, 0.25) is 0 Å². The maximum absolute atomic E-state index is 12.8. The van der Waals surface area contributed by atoms with Crippen molar-refractivity contribution in [3.63, 3.8) is 0 Å². The van der Waals surface area contributed by atoms with Gasteiger partial charge in [-0.25, -0.2) is 4.68 Å². The van der Waals surface area contributed by atoms with Crippen LogP contribution in [0.4, 0.5) is 0 Å². The van der Waals surface area contributed by atoms with E-state index >= 15 is 0 Å². The van der Waals surface area contributed by atoms with E-state index in [9.17, 15) is 4.79 Å². The van der Waals surface area contributed by atoms with Crippen LogP contribution in [0, 0.1) is 13.8 Å². The van der Waals surface area contributed by atoms with Gasteiger partial charge in [-0.2, -0.15) is 5.10 Å². The number of hydrogen-bond acceptors (Lipinski definition) is 2. The Kier molecular flexibility index (Phi) is 2.88. The van der Waals surface area contributed by atoms with E-state index in [1.807, 2.05) is 55.1 Å². The van der Waals surface area contributed by atoms with Crippen molar-refractivity contribution in [2.45, 2.75) is 13.8 Å². The molecule has 0 bridgehead atoms. The van der Waals surface area contributed by atoms with Gasteiger partial charge in [0, 0.05) is 12.4 Å². The summed E-state index contributed by atoms with van der Waals surface area (Å²) in [5.74, 6) is 0. The summed E-state index contributed by atoms with van der Waals surface area (Å²) < 4.78 is 3.58. The molecule has 0 unspecified atom stereocenters. The van der Waals surface area contributed by atoms with Gasteiger partial charge in [-0.05, 0) is 32.0 Å². The number of pyridine rings is 1. The van der Waals surface area contributed by atoms with E-state index in [0.717, 1.165) is 27.8 Å². The zero-order valence-corrected chi connectivity index (χ0v) is 13.4. The van der Waals surface area contributed by atoms with E-state index in [2.05, 4.69) is 24.2 Å². The van der Waals surface area contributed by atoms with Gasteiger partial charge in [0.25, 0.3) is 5.56 Å². The molecule has 2 aromatic heterocycles. The van der Waals surface area contributed by atoms with Crippen LogP contribution < -0.4 is 5.56 Å². The topological polar surface area (TPSA) is 39.8 Å². The summed E-state index contributed by atoms with van der Waals surface area (Å²) in [7, 11) is 1.81. The van der Waals surface area contributed by atoms with Crippen molar-refractivity contribution in [3.05, 3.63) is 70.1 Å². The predicted molar refractivity (Wildman–Crippen MR) is 93.3 cm³/mol. The largest absolute Gasteiger partial charge is 0.311 e. The van der Waals surface area contributed by atoms with Crippen molar-refractivity contribution in [1.29, 1.82) is 0 Å². The lowest BCUT2D eigenvalue weighted by molar-refractivity contribution is 0.890. The summed E-state index contributed by atoms with van der Waals surface area (Å²) in [4.78, 5) is 12.8. The van der Waals surface area contributed by atoms with Crippen molar-refractivity contribution in [3.8, 4) is 5.69 Å². The molecule has 0 fully saturated rings. The Hall–Kier alpha value is -2.88. The molecular weight excluding hydrogens is 286 g/mol. The molecule has 2 aromatic carbocycles. The molecule has 0 radical (unpaired) electrons. The third-order valence-electron chi connectivity index (χ3n) is 4.38. The first-order chi connectivity index (χ1) is 11.1. The first-order valence-electron chi connectivity index (χ1n) is 7.62. The van der Waals surface area contributed by atoms with Crippen LogP contribution >= 0.6 is 0 Å². The number of para-hydroxylation sites is 1. The Morgan fingerprint density at radius 3 is 2.39 bits per heavy atom. The standard InChI is InChI=1S/C19H17N3O/c1-12-8-10-14(11-9-12)22-18-15-6-4-5-7-16(15)21(3)19(23)17(18)13(2)20-22/h4-11H,1-3H3. The molecule has 0 aliphatic rings. The Bertz CT molecular complexity index is 1100. The third kappa shape index (κ3) is 1.91. The van der Waals surface area contributed by atoms with E-state index in [-0.39, 0.29) is 5.56 Å². The second-order valence-corrected chi connectivity index (χ2v) is 5.94. The summed E-state index contributed by atoms with van der Waals surface area (Å²) in [5.41, 5.74) is 4.71. The average molecular weight is 303 g/mol. The highest BCUT2D eigenvalue weighted by Crippen LogP contribution is 2.26. The molecule has 0 N–H and O–H groups in total. The fourth-order valence-corrected chi connectivity index (χ4v) is 3.15. The lowest BCUT2D eigenvalue weighted by Gasteiger charge is -2.09. The van der Waals surface area contributed by atoms with Crippen LogP contribution in [-0.4, -0.2) is 14.3 Å². The van der Waals surface area contributed by atoms with Gasteiger partial charge in [-0.15, -0.1) is 0 Å². The fourth-order valence-electron chi connectivity index (χ4n) is 3.15. The number of hydrogen-bond donors (Lipinski definition) is 0. The molecule has 0 amide bonds. The van der Waals surface area contributed by atoms with Crippen molar-refractivity contribution < 1.29 is 0 Å². The molecule has 0 spiro atoms. The number of aromatic nitrogens is 3. The normalized spacial score (nSPS) is 11.4. The SMILES string of the molecule is Cc1ccc(-n2nc(C)c3c(=O)n(C)c4ccccc4c32)cc1. The number of benzene rings is 2. The lowest BCUT2D eigenvalue weighted by atomic mass is 10.1. The summed E-state index contributed by atoms with van der Waals surface area (Å²) in [5, 5.41) is 6.37. The van der Waals surface area contributed by atoms with Crippen LogP contribution in [-0.2, 0) is 7.05 Å². The summed E-state index contributed by atoms with van der Waals surface area (Å²) in [6, 6.07) is 16.1. The average Bonchev–Trinajstić information content (AvgIpc) is 2.91. The van der Waals surface area contributed by atoms with Crippen LogP contribution in [0.3, 0.4) is 0 Å². The summed E-state index contributed by atoms with van der Waals surface area (Å²) in [6.07, 6.45) is 0. The van der Waals surface area contributed by atoms with E-state index in [4.69, 9.17) is 0 Å². The molecule has 0 saturated carbocycles. The van der Waals surface area contributed by atoms with Crippen molar-refractivity contribution >= 4 is 21.8 Å². The first-order valence-corrected chi connectivity index (χ1v) is 7.62. The minimum atomic E-state index is -0.00504. The zero-order valence-electron chi connectivity index (χ0n) is 13.4. The highest BCUT2D eigenvalue weighted by atomic mass is 16.1. The quantitative estimate of drug-likeness (QED) is 0.540. The lowest BCUT2D eigenvalue weighted by Crippen LogP contribution is -2.17. The van der Waals surface area contributed by atoms with Gasteiger partial charge >= 0.3 is 0 Å². The Labute approximate surface area is 133 Å². The van der Waals surface area contributed by atoms with E-state index in [1.165, 1.54) is 5.56 Å². The van der Waals surface area contributed by atoms with Gasteiger partial charge in [0.1, 0.15) is 0 Å². The minimum absolute atomic E-state index is 0.00504. The van der Waals surface area contributed by atoms with Gasteiger partial charge < -0.3 is 4.57 Å². The molecule has 0 saturated heterocycles. The van der Waals surface area contributed by atoms with Crippen LogP contribution in [0.2, 0.25) is 0 Å². The van der Waals surface area contributed by atoms with Crippen molar-refractivity contribution in [2.75, 3.05) is 0 Å². The van der Waals surface area contributed by atoms with Crippen molar-refractivity contribution in [1.82, 2.24) is 14.3 Å². The molecular formula is C19H17N3O. The molecule has 0 aliphatic heterocycles. The second-order valence-electron chi connectivity index (χ2n) is 5.94. The summed E-state index contributed by atoms with van der Waals surface area (Å²) >= 11 is 0. The first kappa shape index (κ1) is 13.8. The molecule has 4 nitrogen and oxygen atoms in total. The Morgan fingerprint density at radius 1 is 0.957 bits per heavy atom. The zero-order chi connectivity index (χ0) is 16.1. The smallest absolute Gasteiger partial charge is 0.262 e. The van der Waals surface area contributed by atoms with Gasteiger partial charge in [-0.3, -0.25) is 4.79 Å². The minimum Gasteiger partial charge on any atom is -0.311 e. The summed E-state index contributed by atoms with van der Waals surface area (Å²) in [6.45, 7) is 3.95. The van der Waals surface area contributed by atoms with Crippen LogP contribution in [0.25, 0.3) is 27.5 Å². The van der Waals surface area contributed by atoms with E-state index < -0.39 is 0 Å². The monoisotopic (exact) mass is 303 g/mol. The predicted octanol–water partition coefficient (Wildman–Crippen LogP) is 3.49. The van der Waals surface area contributed by atoms with E-state index in [1.54, 1.807) is 4.57 Å². The third-order valence-corrected chi connectivity index (χ3v) is 4.38. The van der Waals surface area contributed by atoms with Crippen LogP contribution in [0.15, 0.2) is 53.3 Å². The Balaban J connectivity index is 2.23. The maximum Gasteiger partial charge on any atom is 0.262 e. The van der Waals surface area contributed by atoms with Crippen LogP contribution in [0.1, 0.15) is 11.3 Å². The highest BCUT2D eigenvalue weighted by molar-refractivity contribution is 6.05. The second kappa shape index (κ2) is 4.81. The number of fused-ring (bicyclic) bond motifs is 3. The van der Waals surface area contributed by atoms with E-state index in [0.29, 0.717) is 5.39 Å². The highest BCUT2D eigenvalue weighted by Gasteiger charge is 2.17. The van der Waals surface area contributed by atoms with Crippen LogP contribution in [0.5, 0.6) is 0 Å². The number of nitrogens with zero attached hydrogens (tertiary/aromatic N) is 3. The van der Waals surface area contributed by atoms with Gasteiger partial charge in [-0.1, -0.05) is 35.9 Å². The number of aryl methyl sites for hydroxylation is 3.